The first kappa shape index (κ1) is 12.3. The maximum Gasteiger partial charge on any atom is 0.303 e. The number of pyridine rings is 1. The molecule has 0 bridgehead atoms. The molecule has 0 aliphatic carbocycles. The summed E-state index contributed by atoms with van der Waals surface area (Å²) in [5.74, 6) is -0.547. The van der Waals surface area contributed by atoms with Crippen molar-refractivity contribution in [2.45, 2.75) is 26.3 Å². The van der Waals surface area contributed by atoms with Gasteiger partial charge in [0.1, 0.15) is 0 Å². The molecule has 1 heterocycles. The van der Waals surface area contributed by atoms with Gasteiger partial charge in [0.15, 0.2) is 5.75 Å². The van der Waals surface area contributed by atoms with Gasteiger partial charge in [-0.3, -0.25) is 9.59 Å². The molecule has 0 unspecified atom stereocenters. The third-order valence-corrected chi connectivity index (χ3v) is 2.07. The summed E-state index contributed by atoms with van der Waals surface area (Å²) in [7, 11) is 0. The molecule has 16 heavy (non-hydrogen) atoms. The van der Waals surface area contributed by atoms with Gasteiger partial charge in [-0.05, 0) is 25.5 Å². The number of carboxylic acid groups (broad SMARTS) is 1. The fraction of sp³-hybridized carbons (Fsp3) is 0.455. The van der Waals surface area contributed by atoms with Crippen molar-refractivity contribution in [2.75, 3.05) is 6.61 Å². The van der Waals surface area contributed by atoms with Crippen LogP contribution in [0.1, 0.15) is 19.8 Å². The Morgan fingerprint density at radius 2 is 2.31 bits per heavy atom. The van der Waals surface area contributed by atoms with E-state index in [1.807, 2.05) is 0 Å². The van der Waals surface area contributed by atoms with Gasteiger partial charge in [-0.25, -0.2) is 0 Å². The highest BCUT2D eigenvalue weighted by Crippen LogP contribution is 2.02. The molecule has 1 aromatic rings. The number of aliphatic carboxylic acids is 1. The van der Waals surface area contributed by atoms with Gasteiger partial charge >= 0.3 is 5.97 Å². The number of aryl methyl sites for hydroxylation is 1. The third-order valence-electron chi connectivity index (χ3n) is 2.07. The molecule has 0 saturated heterocycles. The molecular weight excluding hydrogens is 210 g/mol. The molecule has 0 atom stereocenters. The molecule has 88 valence electrons. The Kier molecular flexibility index (Phi) is 4.57. The summed E-state index contributed by atoms with van der Waals surface area (Å²) in [4.78, 5) is 22.1. The highest BCUT2D eigenvalue weighted by molar-refractivity contribution is 5.66. The van der Waals surface area contributed by atoms with Gasteiger partial charge in [-0.1, -0.05) is 0 Å². The van der Waals surface area contributed by atoms with E-state index in [1.54, 1.807) is 25.3 Å². The number of aromatic nitrogens is 1. The van der Waals surface area contributed by atoms with Crippen molar-refractivity contribution in [3.8, 4) is 5.75 Å². The van der Waals surface area contributed by atoms with Crippen molar-refractivity contribution in [2.24, 2.45) is 0 Å². The lowest BCUT2D eigenvalue weighted by atomic mass is 10.3. The number of carbonyl (C=O) groups is 1. The lowest BCUT2D eigenvalue weighted by molar-refractivity contribution is -0.137. The van der Waals surface area contributed by atoms with Crippen LogP contribution in [0.3, 0.4) is 0 Å². The van der Waals surface area contributed by atoms with Crippen LogP contribution in [0.2, 0.25) is 0 Å². The van der Waals surface area contributed by atoms with E-state index in [9.17, 15) is 9.59 Å². The zero-order valence-electron chi connectivity index (χ0n) is 9.18. The Morgan fingerprint density at radius 1 is 1.56 bits per heavy atom. The van der Waals surface area contributed by atoms with Crippen LogP contribution in [0.25, 0.3) is 0 Å². The maximum absolute atomic E-state index is 11.7. The molecule has 0 aliphatic rings. The molecular formula is C11H15NO4. The van der Waals surface area contributed by atoms with Crippen LogP contribution in [0.4, 0.5) is 0 Å². The average Bonchev–Trinajstić information content (AvgIpc) is 2.23. The molecule has 0 saturated carbocycles. The number of hydrogen-bond acceptors (Lipinski definition) is 3. The van der Waals surface area contributed by atoms with E-state index in [0.29, 0.717) is 25.3 Å². The number of carboxylic acids is 1. The standard InChI is InChI=1S/C11H15NO4/c1-2-16-9-5-3-7-12(11(9)15)8-4-6-10(13)14/h3,5,7H,2,4,6,8H2,1H3,(H,13,14). The normalized spacial score (nSPS) is 10.1. The van der Waals surface area contributed by atoms with Gasteiger partial charge in [0.05, 0.1) is 6.61 Å². The summed E-state index contributed by atoms with van der Waals surface area (Å²) in [6.45, 7) is 2.64. The van der Waals surface area contributed by atoms with Gasteiger partial charge in [0.2, 0.25) is 0 Å². The van der Waals surface area contributed by atoms with Crippen molar-refractivity contribution < 1.29 is 14.6 Å². The molecule has 0 spiro atoms. The zero-order chi connectivity index (χ0) is 12.0. The van der Waals surface area contributed by atoms with Gasteiger partial charge < -0.3 is 14.4 Å². The number of nitrogens with zero attached hydrogens (tertiary/aromatic N) is 1. The molecule has 5 nitrogen and oxygen atoms in total. The second-order valence-corrected chi connectivity index (χ2v) is 3.30. The van der Waals surface area contributed by atoms with Gasteiger partial charge in [-0.2, -0.15) is 0 Å². The van der Waals surface area contributed by atoms with E-state index >= 15 is 0 Å². The highest BCUT2D eigenvalue weighted by Gasteiger charge is 2.04. The van der Waals surface area contributed by atoms with Crippen LogP contribution in [0.15, 0.2) is 23.1 Å². The Bertz CT molecular complexity index is 411. The van der Waals surface area contributed by atoms with Crippen LogP contribution in [0, 0.1) is 0 Å². The van der Waals surface area contributed by atoms with Crippen molar-refractivity contribution in [1.82, 2.24) is 4.57 Å². The zero-order valence-corrected chi connectivity index (χ0v) is 9.18. The second-order valence-electron chi connectivity index (χ2n) is 3.30. The summed E-state index contributed by atoms with van der Waals surface area (Å²) in [5, 5.41) is 8.49. The van der Waals surface area contributed by atoms with Crippen molar-refractivity contribution in [1.29, 1.82) is 0 Å². The molecule has 0 radical (unpaired) electrons. The summed E-state index contributed by atoms with van der Waals surface area (Å²) in [5.41, 5.74) is -0.213. The SMILES string of the molecule is CCOc1cccn(CCCC(=O)O)c1=O. The summed E-state index contributed by atoms with van der Waals surface area (Å²) >= 11 is 0. The Morgan fingerprint density at radius 3 is 2.94 bits per heavy atom. The molecule has 0 fully saturated rings. The molecule has 1 rings (SSSR count). The van der Waals surface area contributed by atoms with Gasteiger partial charge in [0.25, 0.3) is 5.56 Å². The number of ether oxygens (including phenoxy) is 1. The maximum atomic E-state index is 11.7. The Hall–Kier alpha value is -1.78. The van der Waals surface area contributed by atoms with Crippen LogP contribution < -0.4 is 10.3 Å². The number of rotatable bonds is 6. The predicted octanol–water partition coefficient (Wildman–Crippen LogP) is 1.11. The lowest BCUT2D eigenvalue weighted by Gasteiger charge is -2.07. The minimum atomic E-state index is -0.853. The smallest absolute Gasteiger partial charge is 0.303 e. The van der Waals surface area contributed by atoms with Crippen LogP contribution in [-0.2, 0) is 11.3 Å². The fourth-order valence-electron chi connectivity index (χ4n) is 1.36. The van der Waals surface area contributed by atoms with Crippen molar-refractivity contribution in [3.63, 3.8) is 0 Å². The molecule has 5 heteroatoms. The van der Waals surface area contributed by atoms with Crippen molar-refractivity contribution >= 4 is 5.97 Å². The second kappa shape index (κ2) is 5.95. The predicted molar refractivity (Wildman–Crippen MR) is 58.7 cm³/mol. The average molecular weight is 225 g/mol. The summed E-state index contributed by atoms with van der Waals surface area (Å²) < 4.78 is 6.62. The quantitative estimate of drug-likeness (QED) is 0.787. The molecule has 1 N–H and O–H groups in total. The van der Waals surface area contributed by atoms with Crippen LogP contribution in [0.5, 0.6) is 5.75 Å². The van der Waals surface area contributed by atoms with Gasteiger partial charge in [-0.15, -0.1) is 0 Å². The fourth-order valence-corrected chi connectivity index (χ4v) is 1.36. The summed E-state index contributed by atoms with van der Waals surface area (Å²) in [6, 6.07) is 3.33. The first-order valence-electron chi connectivity index (χ1n) is 5.19. The lowest BCUT2D eigenvalue weighted by Crippen LogP contribution is -2.21. The first-order chi connectivity index (χ1) is 7.65. The monoisotopic (exact) mass is 225 g/mol. The van der Waals surface area contributed by atoms with Crippen LogP contribution in [-0.4, -0.2) is 22.2 Å². The minimum absolute atomic E-state index is 0.0608. The number of hydrogen-bond donors (Lipinski definition) is 1. The van der Waals surface area contributed by atoms with E-state index in [2.05, 4.69) is 0 Å². The topological polar surface area (TPSA) is 68.5 Å². The van der Waals surface area contributed by atoms with Crippen molar-refractivity contribution in [3.05, 3.63) is 28.7 Å². The van der Waals surface area contributed by atoms with E-state index in [1.165, 1.54) is 4.57 Å². The first-order valence-corrected chi connectivity index (χ1v) is 5.19. The van der Waals surface area contributed by atoms with E-state index < -0.39 is 5.97 Å². The largest absolute Gasteiger partial charge is 0.488 e. The minimum Gasteiger partial charge on any atom is -0.488 e. The molecule has 1 aromatic heterocycles. The highest BCUT2D eigenvalue weighted by atomic mass is 16.5. The molecule has 0 aromatic carbocycles. The van der Waals surface area contributed by atoms with E-state index in [-0.39, 0.29) is 12.0 Å². The van der Waals surface area contributed by atoms with Crippen LogP contribution >= 0.6 is 0 Å². The van der Waals surface area contributed by atoms with Gasteiger partial charge in [0, 0.05) is 19.2 Å². The Labute approximate surface area is 93.3 Å². The molecule has 0 aliphatic heterocycles. The third kappa shape index (κ3) is 3.42. The van der Waals surface area contributed by atoms with E-state index in [0.717, 1.165) is 0 Å². The Balaban J connectivity index is 2.69. The molecule has 0 amide bonds. The summed E-state index contributed by atoms with van der Waals surface area (Å²) in [6.07, 6.45) is 2.13. The van der Waals surface area contributed by atoms with E-state index in [4.69, 9.17) is 9.84 Å².